The highest BCUT2D eigenvalue weighted by Gasteiger charge is 2.40. The van der Waals surface area contributed by atoms with Gasteiger partial charge in [-0.25, -0.2) is 19.7 Å². The van der Waals surface area contributed by atoms with E-state index in [0.717, 1.165) is 22.1 Å². The molecule has 1 saturated heterocycles. The Bertz CT molecular complexity index is 1660. The largest absolute Gasteiger partial charge is 0.493 e. The number of urea groups is 1. The van der Waals surface area contributed by atoms with Crippen molar-refractivity contribution in [3.05, 3.63) is 66.2 Å². The molecule has 41 heavy (non-hydrogen) atoms. The SMILES string of the molecule is COc1cc2ncnc(Oc3ccc(N4C(=O)CN(c5cncc(C(F)(F)F)c5)C4=O)cc3C(C)C)c2cc1OC. The van der Waals surface area contributed by atoms with Gasteiger partial charge < -0.3 is 14.2 Å². The van der Waals surface area contributed by atoms with E-state index in [9.17, 15) is 22.8 Å². The number of alkyl halides is 3. The zero-order chi connectivity index (χ0) is 29.5. The number of nitrogens with zero attached hydrogens (tertiary/aromatic N) is 5. The lowest BCUT2D eigenvalue weighted by Crippen LogP contribution is -2.33. The molecule has 3 heterocycles. The summed E-state index contributed by atoms with van der Waals surface area (Å²) >= 11 is 0. The third-order valence-electron chi connectivity index (χ3n) is 6.51. The number of aromatic nitrogens is 3. The summed E-state index contributed by atoms with van der Waals surface area (Å²) in [6.45, 7) is 3.38. The van der Waals surface area contributed by atoms with Gasteiger partial charge in [-0.2, -0.15) is 13.2 Å². The molecular formula is C28H24F3N5O5. The molecule has 1 aliphatic heterocycles. The number of pyridine rings is 1. The van der Waals surface area contributed by atoms with Gasteiger partial charge in [0.1, 0.15) is 18.6 Å². The maximum Gasteiger partial charge on any atom is 0.417 e. The summed E-state index contributed by atoms with van der Waals surface area (Å²) in [5, 5.41) is 0.569. The van der Waals surface area contributed by atoms with Crippen molar-refractivity contribution in [3.8, 4) is 23.1 Å². The second kappa shape index (κ2) is 10.6. The molecule has 2 aromatic heterocycles. The summed E-state index contributed by atoms with van der Waals surface area (Å²) in [6.07, 6.45) is -1.53. The lowest BCUT2D eigenvalue weighted by Gasteiger charge is -2.20. The lowest BCUT2D eigenvalue weighted by molar-refractivity contribution is -0.137. The number of imide groups is 1. The van der Waals surface area contributed by atoms with Crippen LogP contribution in [0.25, 0.3) is 10.9 Å². The number of carbonyl (C=O) groups is 2. The lowest BCUT2D eigenvalue weighted by atomic mass is 10.0. The second-order valence-corrected chi connectivity index (χ2v) is 9.41. The Kier molecular flexibility index (Phi) is 7.11. The molecule has 3 amide bonds. The number of amides is 3. The molecule has 2 aromatic carbocycles. The molecule has 10 nitrogen and oxygen atoms in total. The van der Waals surface area contributed by atoms with Crippen molar-refractivity contribution in [1.82, 2.24) is 15.0 Å². The fourth-order valence-electron chi connectivity index (χ4n) is 4.45. The fraction of sp³-hybridized carbons (Fsp3) is 0.250. The van der Waals surface area contributed by atoms with E-state index in [1.54, 1.807) is 24.3 Å². The van der Waals surface area contributed by atoms with Crippen LogP contribution in [0.2, 0.25) is 0 Å². The number of halogens is 3. The van der Waals surface area contributed by atoms with Crippen LogP contribution in [0.4, 0.5) is 29.3 Å². The van der Waals surface area contributed by atoms with E-state index in [4.69, 9.17) is 14.2 Å². The van der Waals surface area contributed by atoms with Gasteiger partial charge in [0, 0.05) is 12.3 Å². The number of ether oxygens (including phenoxy) is 3. The molecule has 13 heteroatoms. The summed E-state index contributed by atoms with van der Waals surface area (Å²) in [5.41, 5.74) is 0.317. The van der Waals surface area contributed by atoms with Gasteiger partial charge in [0.25, 0.3) is 5.91 Å². The number of rotatable bonds is 7. The van der Waals surface area contributed by atoms with Gasteiger partial charge in [-0.3, -0.25) is 14.7 Å². The molecule has 1 aliphatic rings. The van der Waals surface area contributed by atoms with Gasteiger partial charge in [-0.1, -0.05) is 13.8 Å². The van der Waals surface area contributed by atoms with Crippen LogP contribution < -0.4 is 24.0 Å². The van der Waals surface area contributed by atoms with Crippen molar-refractivity contribution in [2.75, 3.05) is 30.6 Å². The van der Waals surface area contributed by atoms with E-state index in [1.807, 2.05) is 13.8 Å². The molecule has 212 valence electrons. The topological polar surface area (TPSA) is 107 Å². The summed E-state index contributed by atoms with van der Waals surface area (Å²) in [7, 11) is 3.03. The van der Waals surface area contributed by atoms with E-state index >= 15 is 0 Å². The van der Waals surface area contributed by atoms with E-state index in [-0.39, 0.29) is 23.2 Å². The van der Waals surface area contributed by atoms with Crippen molar-refractivity contribution in [2.45, 2.75) is 25.9 Å². The summed E-state index contributed by atoms with van der Waals surface area (Å²) in [6, 6.07) is 8.16. The number of hydrogen-bond acceptors (Lipinski definition) is 8. The average Bonchev–Trinajstić information content (AvgIpc) is 3.25. The molecule has 0 atom stereocenters. The minimum Gasteiger partial charge on any atom is -0.493 e. The van der Waals surface area contributed by atoms with Crippen LogP contribution in [0.1, 0.15) is 30.9 Å². The number of anilines is 2. The normalized spacial score (nSPS) is 13.9. The molecule has 0 radical (unpaired) electrons. The monoisotopic (exact) mass is 567 g/mol. The quantitative estimate of drug-likeness (QED) is 0.252. The molecule has 0 N–H and O–H groups in total. The number of fused-ring (bicyclic) bond motifs is 1. The van der Waals surface area contributed by atoms with Gasteiger partial charge in [0.2, 0.25) is 5.88 Å². The van der Waals surface area contributed by atoms with E-state index in [1.165, 1.54) is 26.6 Å². The predicted octanol–water partition coefficient (Wildman–Crippen LogP) is 5.95. The molecule has 5 rings (SSSR count). The van der Waals surface area contributed by atoms with Crippen molar-refractivity contribution < 1.29 is 37.0 Å². The zero-order valence-corrected chi connectivity index (χ0v) is 22.4. The highest BCUT2D eigenvalue weighted by Crippen LogP contribution is 2.39. The Balaban J connectivity index is 1.48. The minimum atomic E-state index is -4.65. The first-order valence-electron chi connectivity index (χ1n) is 12.4. The van der Waals surface area contributed by atoms with E-state index < -0.39 is 30.2 Å². The van der Waals surface area contributed by atoms with Crippen molar-refractivity contribution in [3.63, 3.8) is 0 Å². The Morgan fingerprint density at radius 1 is 0.902 bits per heavy atom. The van der Waals surface area contributed by atoms with Crippen LogP contribution in [-0.2, 0) is 11.0 Å². The molecule has 0 bridgehead atoms. The maximum atomic E-state index is 13.2. The summed E-state index contributed by atoms with van der Waals surface area (Å²) in [5.74, 6) is 0.930. The Morgan fingerprint density at radius 2 is 1.63 bits per heavy atom. The smallest absolute Gasteiger partial charge is 0.417 e. The fourth-order valence-corrected chi connectivity index (χ4v) is 4.45. The van der Waals surface area contributed by atoms with Crippen molar-refractivity contribution in [1.29, 1.82) is 0 Å². The van der Waals surface area contributed by atoms with Gasteiger partial charge in [-0.05, 0) is 41.8 Å². The Hall–Kier alpha value is -4.94. The average molecular weight is 568 g/mol. The van der Waals surface area contributed by atoms with Gasteiger partial charge in [0.05, 0.1) is 48.3 Å². The third-order valence-corrected chi connectivity index (χ3v) is 6.51. The molecule has 0 spiro atoms. The van der Waals surface area contributed by atoms with Gasteiger partial charge >= 0.3 is 12.2 Å². The van der Waals surface area contributed by atoms with Crippen LogP contribution in [-0.4, -0.2) is 47.7 Å². The number of carbonyl (C=O) groups excluding carboxylic acids is 2. The van der Waals surface area contributed by atoms with E-state index in [0.29, 0.717) is 39.9 Å². The van der Waals surface area contributed by atoms with Crippen LogP contribution in [0.3, 0.4) is 0 Å². The number of hydrogen-bond donors (Lipinski definition) is 0. The van der Waals surface area contributed by atoms with Crippen LogP contribution >= 0.6 is 0 Å². The zero-order valence-electron chi connectivity index (χ0n) is 22.4. The van der Waals surface area contributed by atoms with Crippen molar-refractivity contribution >= 4 is 34.2 Å². The number of methoxy groups -OCH3 is 2. The first-order valence-corrected chi connectivity index (χ1v) is 12.4. The first kappa shape index (κ1) is 27.6. The second-order valence-electron chi connectivity index (χ2n) is 9.41. The molecular weight excluding hydrogens is 543 g/mol. The predicted molar refractivity (Wildman–Crippen MR) is 143 cm³/mol. The summed E-state index contributed by atoms with van der Waals surface area (Å²) in [4.78, 5) is 40.2. The summed E-state index contributed by atoms with van der Waals surface area (Å²) < 4.78 is 56.5. The van der Waals surface area contributed by atoms with Crippen LogP contribution in [0.5, 0.6) is 23.1 Å². The molecule has 4 aromatic rings. The van der Waals surface area contributed by atoms with Crippen LogP contribution in [0, 0.1) is 0 Å². The van der Waals surface area contributed by atoms with Gasteiger partial charge in [0.15, 0.2) is 11.5 Å². The Morgan fingerprint density at radius 3 is 2.32 bits per heavy atom. The minimum absolute atomic E-state index is 0.107. The molecule has 0 unspecified atom stereocenters. The maximum absolute atomic E-state index is 13.2. The van der Waals surface area contributed by atoms with Crippen molar-refractivity contribution in [2.24, 2.45) is 0 Å². The molecule has 0 saturated carbocycles. The molecule has 0 aliphatic carbocycles. The highest BCUT2D eigenvalue weighted by atomic mass is 19.4. The first-order chi connectivity index (χ1) is 19.5. The van der Waals surface area contributed by atoms with Crippen LogP contribution in [0.15, 0.2) is 55.1 Å². The Labute approximate surface area is 232 Å². The van der Waals surface area contributed by atoms with E-state index in [2.05, 4.69) is 15.0 Å². The standard InChI is InChI=1S/C28H24F3N5O5/c1-15(2)19-8-17(36-25(37)13-35(27(36)38)18-7-16(11-32-12-18)28(29,30)31)5-6-22(19)41-26-20-9-23(39-3)24(40-4)10-21(20)33-14-34-26/h5-12,14-15H,13H2,1-4H3. The highest BCUT2D eigenvalue weighted by molar-refractivity contribution is 6.27. The van der Waals surface area contributed by atoms with Gasteiger partial charge in [-0.15, -0.1) is 0 Å². The molecule has 1 fully saturated rings. The third kappa shape index (κ3) is 5.17. The number of benzene rings is 2.